The number of hydrogen-bond acceptors (Lipinski definition) is 1. The lowest BCUT2D eigenvalue weighted by atomic mass is 10.0. The Balaban J connectivity index is 2.73. The van der Waals surface area contributed by atoms with Crippen molar-refractivity contribution in [3.05, 3.63) is 46.0 Å². The van der Waals surface area contributed by atoms with Crippen LogP contribution in [0.15, 0.2) is 34.8 Å². The largest absolute Gasteiger partial charge is 0.388 e. The number of halogens is 1. The summed E-state index contributed by atoms with van der Waals surface area (Å²) < 4.78 is 0.983. The summed E-state index contributed by atoms with van der Waals surface area (Å²) in [5, 5.41) is 9.97. The molecule has 2 heteroatoms. The van der Waals surface area contributed by atoms with Crippen molar-refractivity contribution in [1.82, 2.24) is 0 Å². The Kier molecular flexibility index (Phi) is 4.55. The topological polar surface area (TPSA) is 20.2 Å². The summed E-state index contributed by atoms with van der Waals surface area (Å²) in [6, 6.07) is 6.02. The third-order valence-electron chi connectivity index (χ3n) is 2.36. The molecule has 0 aliphatic rings. The highest BCUT2D eigenvalue weighted by atomic mass is 79.9. The van der Waals surface area contributed by atoms with Crippen molar-refractivity contribution in [3.8, 4) is 0 Å². The number of benzene rings is 1. The summed E-state index contributed by atoms with van der Waals surface area (Å²) in [4.78, 5) is 0. The summed E-state index contributed by atoms with van der Waals surface area (Å²) >= 11 is 3.47. The molecule has 0 spiro atoms. The Bertz CT molecular complexity index is 358. The van der Waals surface area contributed by atoms with E-state index in [1.165, 1.54) is 5.56 Å². The second kappa shape index (κ2) is 5.47. The highest BCUT2D eigenvalue weighted by molar-refractivity contribution is 9.10. The highest BCUT2D eigenvalue weighted by Crippen LogP contribution is 2.28. The Morgan fingerprint density at radius 3 is 2.73 bits per heavy atom. The molecule has 0 radical (unpaired) electrons. The lowest BCUT2D eigenvalue weighted by molar-refractivity contribution is 0.167. The van der Waals surface area contributed by atoms with E-state index in [0.29, 0.717) is 0 Å². The standard InChI is InChI=1S/C13H17BrO/c1-9(2)4-7-13(15)11-6-5-10(3)8-12(11)14/h5-6,8,13,15H,1,4,7H2,2-3H3. The zero-order chi connectivity index (χ0) is 11.4. The zero-order valence-electron chi connectivity index (χ0n) is 9.26. The molecule has 1 aromatic carbocycles. The number of allylic oxidation sites excluding steroid dienone is 1. The van der Waals surface area contributed by atoms with E-state index in [4.69, 9.17) is 0 Å². The van der Waals surface area contributed by atoms with Crippen LogP contribution < -0.4 is 0 Å². The van der Waals surface area contributed by atoms with Gasteiger partial charge >= 0.3 is 0 Å². The number of hydrogen-bond donors (Lipinski definition) is 1. The van der Waals surface area contributed by atoms with E-state index >= 15 is 0 Å². The van der Waals surface area contributed by atoms with Crippen molar-refractivity contribution in [2.75, 3.05) is 0 Å². The van der Waals surface area contributed by atoms with Crippen molar-refractivity contribution < 1.29 is 5.11 Å². The van der Waals surface area contributed by atoms with Crippen LogP contribution in [0.5, 0.6) is 0 Å². The molecule has 0 saturated carbocycles. The van der Waals surface area contributed by atoms with Gasteiger partial charge in [-0.3, -0.25) is 0 Å². The molecule has 0 aromatic heterocycles. The van der Waals surface area contributed by atoms with Gasteiger partial charge < -0.3 is 5.11 Å². The molecule has 0 aliphatic heterocycles. The van der Waals surface area contributed by atoms with Gasteiger partial charge in [-0.1, -0.05) is 33.6 Å². The minimum atomic E-state index is -0.406. The van der Waals surface area contributed by atoms with Crippen LogP contribution in [0, 0.1) is 6.92 Å². The summed E-state index contributed by atoms with van der Waals surface area (Å²) in [5.74, 6) is 0. The van der Waals surface area contributed by atoms with Crippen LogP contribution in [0.4, 0.5) is 0 Å². The molecule has 1 nitrogen and oxygen atoms in total. The molecule has 1 unspecified atom stereocenters. The first-order valence-corrected chi connectivity index (χ1v) is 5.88. The Labute approximate surface area is 100.0 Å². The molecule has 1 atom stereocenters. The molecule has 1 rings (SSSR count). The molecule has 1 N–H and O–H groups in total. The molecule has 0 saturated heterocycles. The SMILES string of the molecule is C=C(C)CCC(O)c1ccc(C)cc1Br. The van der Waals surface area contributed by atoms with Gasteiger partial charge in [0.25, 0.3) is 0 Å². The molecule has 0 fully saturated rings. The minimum Gasteiger partial charge on any atom is -0.388 e. The van der Waals surface area contributed by atoms with E-state index in [9.17, 15) is 5.11 Å². The maximum atomic E-state index is 9.97. The van der Waals surface area contributed by atoms with E-state index in [1.807, 2.05) is 32.0 Å². The second-order valence-electron chi connectivity index (χ2n) is 4.04. The fourth-order valence-corrected chi connectivity index (χ4v) is 2.20. The van der Waals surface area contributed by atoms with Crippen molar-refractivity contribution >= 4 is 15.9 Å². The Hall–Kier alpha value is -0.600. The van der Waals surface area contributed by atoms with Gasteiger partial charge in [-0.15, -0.1) is 6.58 Å². The van der Waals surface area contributed by atoms with Crippen molar-refractivity contribution in [1.29, 1.82) is 0 Å². The van der Waals surface area contributed by atoms with Crippen molar-refractivity contribution in [2.45, 2.75) is 32.8 Å². The van der Waals surface area contributed by atoms with Gasteiger partial charge in [0.2, 0.25) is 0 Å². The Morgan fingerprint density at radius 1 is 1.53 bits per heavy atom. The molecule has 82 valence electrons. The molecule has 15 heavy (non-hydrogen) atoms. The first-order chi connectivity index (χ1) is 7.00. The molecule has 0 bridgehead atoms. The molecule has 0 heterocycles. The third-order valence-corrected chi connectivity index (χ3v) is 3.05. The summed E-state index contributed by atoms with van der Waals surface area (Å²) in [6.45, 7) is 7.85. The smallest absolute Gasteiger partial charge is 0.0804 e. The number of rotatable bonds is 4. The zero-order valence-corrected chi connectivity index (χ0v) is 10.8. The van der Waals surface area contributed by atoms with Gasteiger partial charge in [-0.25, -0.2) is 0 Å². The van der Waals surface area contributed by atoms with Gasteiger partial charge in [0.1, 0.15) is 0 Å². The van der Waals surface area contributed by atoms with E-state index in [1.54, 1.807) is 0 Å². The normalized spacial score (nSPS) is 12.5. The maximum absolute atomic E-state index is 9.97. The molecule has 1 aromatic rings. The van der Waals surface area contributed by atoms with Crippen molar-refractivity contribution in [2.24, 2.45) is 0 Å². The van der Waals surface area contributed by atoms with Gasteiger partial charge in [-0.2, -0.15) is 0 Å². The fourth-order valence-electron chi connectivity index (χ4n) is 1.44. The monoisotopic (exact) mass is 268 g/mol. The van der Waals surface area contributed by atoms with Gasteiger partial charge in [-0.05, 0) is 43.9 Å². The highest BCUT2D eigenvalue weighted by Gasteiger charge is 2.10. The van der Waals surface area contributed by atoms with E-state index < -0.39 is 6.10 Å². The fraction of sp³-hybridized carbons (Fsp3) is 0.385. The Morgan fingerprint density at radius 2 is 2.20 bits per heavy atom. The first kappa shape index (κ1) is 12.5. The number of aliphatic hydroxyl groups is 1. The van der Waals surface area contributed by atoms with E-state index in [0.717, 1.165) is 28.5 Å². The lowest BCUT2D eigenvalue weighted by Gasteiger charge is -2.13. The maximum Gasteiger partial charge on any atom is 0.0804 e. The third kappa shape index (κ3) is 3.80. The van der Waals surface area contributed by atoms with Crippen LogP contribution in [0.3, 0.4) is 0 Å². The number of aryl methyl sites for hydroxylation is 1. The van der Waals surface area contributed by atoms with E-state index in [2.05, 4.69) is 22.5 Å². The van der Waals surface area contributed by atoms with Gasteiger partial charge in [0.05, 0.1) is 6.10 Å². The van der Waals surface area contributed by atoms with Crippen LogP contribution >= 0.6 is 15.9 Å². The predicted molar refractivity (Wildman–Crippen MR) is 67.9 cm³/mol. The molecular weight excluding hydrogens is 252 g/mol. The summed E-state index contributed by atoms with van der Waals surface area (Å²) in [7, 11) is 0. The van der Waals surface area contributed by atoms with Crippen LogP contribution in [-0.2, 0) is 0 Å². The number of aliphatic hydroxyl groups excluding tert-OH is 1. The van der Waals surface area contributed by atoms with Crippen LogP contribution in [0.1, 0.15) is 37.0 Å². The second-order valence-corrected chi connectivity index (χ2v) is 4.89. The van der Waals surface area contributed by atoms with E-state index in [-0.39, 0.29) is 0 Å². The first-order valence-electron chi connectivity index (χ1n) is 5.09. The van der Waals surface area contributed by atoms with Crippen LogP contribution in [0.2, 0.25) is 0 Å². The summed E-state index contributed by atoms with van der Waals surface area (Å²) in [5.41, 5.74) is 3.26. The molecule has 0 aliphatic carbocycles. The van der Waals surface area contributed by atoms with Crippen LogP contribution in [-0.4, -0.2) is 5.11 Å². The lowest BCUT2D eigenvalue weighted by Crippen LogP contribution is -1.99. The minimum absolute atomic E-state index is 0.406. The average molecular weight is 269 g/mol. The van der Waals surface area contributed by atoms with Crippen molar-refractivity contribution in [3.63, 3.8) is 0 Å². The quantitative estimate of drug-likeness (QED) is 0.814. The van der Waals surface area contributed by atoms with Gasteiger partial charge in [0, 0.05) is 4.47 Å². The van der Waals surface area contributed by atoms with Gasteiger partial charge in [0.15, 0.2) is 0 Å². The molecular formula is C13H17BrO. The molecule has 0 amide bonds. The van der Waals surface area contributed by atoms with Crippen LogP contribution in [0.25, 0.3) is 0 Å². The average Bonchev–Trinajstić information content (AvgIpc) is 2.14. The predicted octanol–water partition coefficient (Wildman–Crippen LogP) is 4.15. The summed E-state index contributed by atoms with van der Waals surface area (Å²) in [6.07, 6.45) is 1.19.